The number of nitrogens with two attached hydrogens (primary N) is 1. The molecule has 1 aromatic heterocycles. The second-order valence-electron chi connectivity index (χ2n) is 7.66. The van der Waals surface area contributed by atoms with Crippen molar-refractivity contribution in [2.24, 2.45) is 5.92 Å². The number of rotatable bonds is 7. The largest absolute Gasteiger partial charge is 0.435 e. The molecule has 164 valence electrons. The Morgan fingerprint density at radius 1 is 1.30 bits per heavy atom. The maximum Gasteiger partial charge on any atom is 0.387 e. The average molecular weight is 440 g/mol. The normalized spacial score (nSPS) is 19.5. The van der Waals surface area contributed by atoms with E-state index in [1.165, 1.54) is 6.07 Å². The van der Waals surface area contributed by atoms with Gasteiger partial charge in [0.1, 0.15) is 5.75 Å². The summed E-state index contributed by atoms with van der Waals surface area (Å²) < 4.78 is 58.7. The lowest BCUT2D eigenvalue weighted by molar-refractivity contribution is -0.0497. The number of nitrogens with one attached hydrogen (secondary N) is 1. The van der Waals surface area contributed by atoms with Crippen LogP contribution in [0.1, 0.15) is 39.3 Å². The van der Waals surface area contributed by atoms with Crippen LogP contribution in [-0.2, 0) is 16.6 Å². The van der Waals surface area contributed by atoms with E-state index in [-0.39, 0.29) is 17.6 Å². The van der Waals surface area contributed by atoms with Crippen LogP contribution in [0.15, 0.2) is 42.1 Å². The number of aryl methyl sites for hydroxylation is 1. The van der Waals surface area contributed by atoms with Gasteiger partial charge in [-0.05, 0) is 44.9 Å². The molecule has 0 amide bonds. The molecule has 3 N–H and O–H groups in total. The second-order valence-corrected chi connectivity index (χ2v) is 9.90. The van der Waals surface area contributed by atoms with E-state index in [2.05, 4.69) is 9.46 Å². The van der Waals surface area contributed by atoms with Gasteiger partial charge in [0.15, 0.2) is 0 Å². The molecule has 0 bridgehead atoms. The van der Waals surface area contributed by atoms with Gasteiger partial charge >= 0.3 is 6.61 Å². The Hall–Kier alpha value is -2.55. The SMILES string of the molecule is CCn1c(C2C=CC(NS(=O)(=O)C(C)C)=C[C@H]2C)c(N)c2ccc(OC(F)F)cc21. The number of aromatic nitrogens is 1. The summed E-state index contributed by atoms with van der Waals surface area (Å²) in [4.78, 5) is 0. The summed E-state index contributed by atoms with van der Waals surface area (Å²) in [5, 5.41) is 0.229. The summed E-state index contributed by atoms with van der Waals surface area (Å²) in [6.07, 6.45) is 5.54. The minimum Gasteiger partial charge on any atom is -0.435 e. The molecule has 2 aromatic rings. The van der Waals surface area contributed by atoms with Gasteiger partial charge in [0.2, 0.25) is 10.0 Å². The van der Waals surface area contributed by atoms with Crippen molar-refractivity contribution < 1.29 is 21.9 Å². The van der Waals surface area contributed by atoms with Crippen LogP contribution in [0.5, 0.6) is 5.75 Å². The molecule has 3 rings (SSSR count). The topological polar surface area (TPSA) is 86.4 Å². The molecule has 1 aliphatic carbocycles. The predicted molar refractivity (Wildman–Crippen MR) is 115 cm³/mol. The van der Waals surface area contributed by atoms with Crippen molar-refractivity contribution in [1.29, 1.82) is 0 Å². The molecule has 6 nitrogen and oxygen atoms in total. The number of ether oxygens (including phenoxy) is 1. The number of anilines is 1. The molecular formula is C21H27F2N3O3S. The van der Waals surface area contributed by atoms with Gasteiger partial charge in [-0.2, -0.15) is 8.78 Å². The molecule has 1 aromatic carbocycles. The highest BCUT2D eigenvalue weighted by molar-refractivity contribution is 7.90. The van der Waals surface area contributed by atoms with Crippen molar-refractivity contribution in [3.05, 3.63) is 47.8 Å². The quantitative estimate of drug-likeness (QED) is 0.672. The molecule has 9 heteroatoms. The van der Waals surface area contributed by atoms with E-state index in [1.807, 2.05) is 30.6 Å². The Morgan fingerprint density at radius 2 is 2.00 bits per heavy atom. The lowest BCUT2D eigenvalue weighted by Crippen LogP contribution is -2.31. The lowest BCUT2D eigenvalue weighted by Gasteiger charge is -2.26. The van der Waals surface area contributed by atoms with E-state index in [1.54, 1.807) is 32.1 Å². The standard InChI is InChI=1S/C21H27F2N3O3S/c1-5-26-18-11-15(29-21(22)23)7-9-17(18)19(24)20(26)16-8-6-14(10-13(16)4)25-30(27,28)12(2)3/h6-13,16,21,25H,5,24H2,1-4H3/t13-,16?/m1/s1. The smallest absolute Gasteiger partial charge is 0.387 e. The molecule has 0 aliphatic heterocycles. The van der Waals surface area contributed by atoms with Gasteiger partial charge in [-0.25, -0.2) is 8.42 Å². The highest BCUT2D eigenvalue weighted by Crippen LogP contribution is 2.41. The first kappa shape index (κ1) is 22.1. The van der Waals surface area contributed by atoms with Crippen LogP contribution in [-0.4, -0.2) is 24.8 Å². The zero-order chi connectivity index (χ0) is 22.2. The summed E-state index contributed by atoms with van der Waals surface area (Å²) >= 11 is 0. The van der Waals surface area contributed by atoms with Gasteiger partial charge < -0.3 is 15.0 Å². The van der Waals surface area contributed by atoms with Crippen LogP contribution < -0.4 is 15.2 Å². The third kappa shape index (κ3) is 4.16. The number of sulfonamides is 1. The summed E-state index contributed by atoms with van der Waals surface area (Å²) in [7, 11) is -3.43. The number of benzene rings is 1. The summed E-state index contributed by atoms with van der Waals surface area (Å²) in [5.74, 6) is -0.0496. The molecule has 0 saturated carbocycles. The van der Waals surface area contributed by atoms with E-state index in [9.17, 15) is 17.2 Å². The first-order valence-electron chi connectivity index (χ1n) is 9.83. The Bertz CT molecular complexity index is 1100. The van der Waals surface area contributed by atoms with Crippen molar-refractivity contribution in [2.75, 3.05) is 5.73 Å². The Labute approximate surface area is 175 Å². The monoisotopic (exact) mass is 439 g/mol. The van der Waals surface area contributed by atoms with Gasteiger partial charge in [-0.1, -0.05) is 19.1 Å². The van der Waals surface area contributed by atoms with Crippen LogP contribution in [0.3, 0.4) is 0 Å². The van der Waals surface area contributed by atoms with E-state index >= 15 is 0 Å². The molecule has 0 radical (unpaired) electrons. The zero-order valence-electron chi connectivity index (χ0n) is 17.4. The zero-order valence-corrected chi connectivity index (χ0v) is 18.2. The highest BCUT2D eigenvalue weighted by atomic mass is 32.2. The fraction of sp³-hybridized carbons (Fsp3) is 0.429. The summed E-state index contributed by atoms with van der Waals surface area (Å²) in [6, 6.07) is 4.74. The fourth-order valence-electron chi connectivity index (χ4n) is 3.77. The molecule has 1 heterocycles. The molecule has 0 saturated heterocycles. The van der Waals surface area contributed by atoms with Gasteiger partial charge in [-0.15, -0.1) is 0 Å². The van der Waals surface area contributed by atoms with Crippen LogP contribution in [0, 0.1) is 5.92 Å². The van der Waals surface area contributed by atoms with Crippen molar-refractivity contribution in [2.45, 2.75) is 52.0 Å². The van der Waals surface area contributed by atoms with Crippen molar-refractivity contribution >= 4 is 26.6 Å². The highest BCUT2D eigenvalue weighted by Gasteiger charge is 2.28. The maximum absolute atomic E-state index is 12.6. The summed E-state index contributed by atoms with van der Waals surface area (Å²) in [5.41, 5.74) is 9.16. The number of allylic oxidation sites excluding steroid dienone is 3. The van der Waals surface area contributed by atoms with E-state index < -0.39 is 21.9 Å². The number of fused-ring (bicyclic) bond motifs is 1. The molecule has 30 heavy (non-hydrogen) atoms. The minimum atomic E-state index is -3.43. The van der Waals surface area contributed by atoms with E-state index in [4.69, 9.17) is 5.73 Å². The molecule has 0 fully saturated rings. The number of alkyl halides is 2. The fourth-order valence-corrected chi connectivity index (χ4v) is 4.47. The van der Waals surface area contributed by atoms with Crippen LogP contribution in [0.2, 0.25) is 0 Å². The first-order chi connectivity index (χ1) is 14.0. The van der Waals surface area contributed by atoms with Crippen molar-refractivity contribution in [1.82, 2.24) is 9.29 Å². The number of nitrogens with zero attached hydrogens (tertiary/aromatic N) is 1. The van der Waals surface area contributed by atoms with Crippen molar-refractivity contribution in [3.63, 3.8) is 0 Å². The third-order valence-corrected chi connectivity index (χ3v) is 7.11. The van der Waals surface area contributed by atoms with Crippen molar-refractivity contribution in [3.8, 4) is 5.75 Å². The maximum atomic E-state index is 12.6. The molecule has 2 atom stereocenters. The summed E-state index contributed by atoms with van der Waals surface area (Å²) in [6.45, 7) is 4.87. The van der Waals surface area contributed by atoms with Gasteiger partial charge in [0.25, 0.3) is 0 Å². The molecule has 1 aliphatic rings. The van der Waals surface area contributed by atoms with Crippen LogP contribution in [0.4, 0.5) is 14.5 Å². The number of hydrogen-bond acceptors (Lipinski definition) is 4. The van der Waals surface area contributed by atoms with E-state index in [0.717, 1.165) is 16.6 Å². The minimum absolute atomic E-state index is 0.0337. The average Bonchev–Trinajstić information content (AvgIpc) is 2.92. The Balaban J connectivity index is 1.99. The van der Waals surface area contributed by atoms with Crippen LogP contribution in [0.25, 0.3) is 10.9 Å². The van der Waals surface area contributed by atoms with E-state index in [0.29, 0.717) is 17.9 Å². The van der Waals surface area contributed by atoms with Gasteiger partial charge in [0.05, 0.1) is 16.5 Å². The van der Waals surface area contributed by atoms with Gasteiger partial charge in [0, 0.05) is 35.3 Å². The first-order valence-corrected chi connectivity index (χ1v) is 11.4. The molecule has 0 spiro atoms. The van der Waals surface area contributed by atoms with Gasteiger partial charge in [-0.3, -0.25) is 4.72 Å². The molecule has 1 unspecified atom stereocenters. The number of halogens is 2. The Kier molecular flexibility index (Phi) is 6.12. The Morgan fingerprint density at radius 3 is 2.57 bits per heavy atom. The van der Waals surface area contributed by atoms with Crippen LogP contribution >= 0.6 is 0 Å². The molecular weight excluding hydrogens is 412 g/mol. The predicted octanol–water partition coefficient (Wildman–Crippen LogP) is 4.35. The number of nitrogen functional groups attached to an aromatic ring is 1. The second kappa shape index (κ2) is 8.29. The third-order valence-electron chi connectivity index (χ3n) is 5.35. The number of hydrogen-bond donors (Lipinski definition) is 2. The lowest BCUT2D eigenvalue weighted by atomic mass is 9.85.